The summed E-state index contributed by atoms with van der Waals surface area (Å²) < 4.78 is 25.1. The molecule has 0 spiro atoms. The van der Waals surface area contributed by atoms with Gasteiger partial charge in [0.1, 0.15) is 0 Å². The van der Waals surface area contributed by atoms with Crippen molar-refractivity contribution in [2.24, 2.45) is 5.92 Å². The number of halogens is 1. The number of sulfone groups is 1. The van der Waals surface area contributed by atoms with E-state index in [1.807, 2.05) is 30.1 Å². The van der Waals surface area contributed by atoms with Crippen molar-refractivity contribution in [3.05, 3.63) is 65.7 Å². The van der Waals surface area contributed by atoms with Gasteiger partial charge in [-0.25, -0.2) is 8.42 Å². The van der Waals surface area contributed by atoms with Crippen LogP contribution in [0, 0.1) is 5.92 Å². The average molecular weight is 409 g/mol. The number of likely N-dealkylation sites (tertiary alicyclic amines) is 1. The largest absolute Gasteiger partial charge is 0.338 e. The highest BCUT2D eigenvalue weighted by molar-refractivity contribution is 7.90. The Morgan fingerprint density at radius 1 is 1.11 bits per heavy atom. The zero-order chi connectivity index (χ0) is 18.6. The van der Waals surface area contributed by atoms with E-state index in [0.717, 1.165) is 31.6 Å². The molecule has 1 amide bonds. The quantitative estimate of drug-likeness (QED) is 0.798. The minimum Gasteiger partial charge on any atom is -0.338 e. The maximum Gasteiger partial charge on any atom is 0.253 e. The summed E-state index contributed by atoms with van der Waals surface area (Å²) in [5, 5.41) is 3.15. The van der Waals surface area contributed by atoms with Crippen LogP contribution in [0.3, 0.4) is 0 Å². The van der Waals surface area contributed by atoms with Crippen molar-refractivity contribution in [1.82, 2.24) is 10.2 Å². The minimum absolute atomic E-state index is 0. The number of rotatable bonds is 6. The fraction of sp³-hybridized carbons (Fsp3) is 0.350. The Hall–Kier alpha value is -1.89. The van der Waals surface area contributed by atoms with Gasteiger partial charge < -0.3 is 10.2 Å². The van der Waals surface area contributed by atoms with Crippen molar-refractivity contribution in [3.8, 4) is 0 Å². The van der Waals surface area contributed by atoms with E-state index in [4.69, 9.17) is 0 Å². The van der Waals surface area contributed by atoms with Crippen LogP contribution in [0.25, 0.3) is 0 Å². The lowest BCUT2D eigenvalue weighted by Crippen LogP contribution is -2.30. The summed E-state index contributed by atoms with van der Waals surface area (Å²) in [5.41, 5.74) is 1.29. The van der Waals surface area contributed by atoms with E-state index in [0.29, 0.717) is 11.5 Å². The van der Waals surface area contributed by atoms with Gasteiger partial charge in [-0.15, -0.1) is 12.4 Å². The standard InChI is InChI=1S/C20H24N2O3S.ClH/c1-21-13-17-11-12-22(14-17)20(23)18-7-9-19(10-8-18)26(24,25)15-16-5-3-2-4-6-16;/h2-10,17,21H,11-15H2,1H3;1H. The van der Waals surface area contributed by atoms with Gasteiger partial charge in [-0.05, 0) is 55.8 Å². The fourth-order valence-corrected chi connectivity index (χ4v) is 4.69. The highest BCUT2D eigenvalue weighted by atomic mass is 35.5. The molecule has 3 rings (SSSR count). The summed E-state index contributed by atoms with van der Waals surface area (Å²) in [5.74, 6) is 0.406. The third-order valence-electron chi connectivity index (χ3n) is 4.73. The number of hydrogen-bond donors (Lipinski definition) is 1. The topological polar surface area (TPSA) is 66.5 Å². The molecule has 2 aromatic rings. The SMILES string of the molecule is CNCC1CCN(C(=O)c2ccc(S(=O)(=O)Cc3ccccc3)cc2)C1.Cl. The molecule has 1 saturated heterocycles. The smallest absolute Gasteiger partial charge is 0.253 e. The first-order valence-electron chi connectivity index (χ1n) is 8.80. The highest BCUT2D eigenvalue weighted by Gasteiger charge is 2.26. The Balaban J connectivity index is 0.00000261. The lowest BCUT2D eigenvalue weighted by Gasteiger charge is -2.17. The van der Waals surface area contributed by atoms with Crippen LogP contribution in [0.1, 0.15) is 22.3 Å². The molecule has 5 nitrogen and oxygen atoms in total. The van der Waals surface area contributed by atoms with E-state index < -0.39 is 9.84 Å². The molecule has 1 aliphatic rings. The van der Waals surface area contributed by atoms with Crippen LogP contribution in [0.4, 0.5) is 0 Å². The van der Waals surface area contributed by atoms with E-state index in [2.05, 4.69) is 5.32 Å². The maximum atomic E-state index is 12.6. The van der Waals surface area contributed by atoms with Gasteiger partial charge in [0, 0.05) is 18.7 Å². The fourth-order valence-electron chi connectivity index (χ4n) is 3.34. The van der Waals surface area contributed by atoms with E-state index in [-0.39, 0.29) is 29.0 Å². The number of nitrogens with zero attached hydrogens (tertiary/aromatic N) is 1. The molecule has 1 N–H and O–H groups in total. The molecule has 7 heteroatoms. The molecule has 1 unspecified atom stereocenters. The van der Waals surface area contributed by atoms with Gasteiger partial charge in [-0.3, -0.25) is 4.79 Å². The number of carbonyl (C=O) groups is 1. The van der Waals surface area contributed by atoms with Crippen LogP contribution in [-0.4, -0.2) is 45.9 Å². The van der Waals surface area contributed by atoms with Gasteiger partial charge in [0.2, 0.25) is 0 Å². The Bertz CT molecular complexity index is 855. The first kappa shape index (κ1) is 21.4. The first-order chi connectivity index (χ1) is 12.5. The predicted octanol–water partition coefficient (Wildman–Crippen LogP) is 2.76. The number of benzene rings is 2. The molecule has 1 fully saturated rings. The van der Waals surface area contributed by atoms with Crippen LogP contribution in [-0.2, 0) is 15.6 Å². The molecule has 0 radical (unpaired) electrons. The van der Waals surface area contributed by atoms with Gasteiger partial charge in [0.05, 0.1) is 10.6 Å². The van der Waals surface area contributed by atoms with Crippen molar-refractivity contribution >= 4 is 28.2 Å². The normalized spacial score (nSPS) is 16.8. The van der Waals surface area contributed by atoms with Crippen LogP contribution < -0.4 is 5.32 Å². The second-order valence-electron chi connectivity index (χ2n) is 6.73. The van der Waals surface area contributed by atoms with Gasteiger partial charge in [0.15, 0.2) is 9.84 Å². The molecule has 1 heterocycles. The van der Waals surface area contributed by atoms with Gasteiger partial charge in [-0.1, -0.05) is 30.3 Å². The predicted molar refractivity (Wildman–Crippen MR) is 109 cm³/mol. The van der Waals surface area contributed by atoms with Gasteiger partial charge in [-0.2, -0.15) is 0 Å². The van der Waals surface area contributed by atoms with Crippen LogP contribution >= 0.6 is 12.4 Å². The molecule has 1 atom stereocenters. The Kier molecular flexibility index (Phi) is 7.41. The van der Waals surface area contributed by atoms with Crippen LogP contribution in [0.2, 0.25) is 0 Å². The third kappa shape index (κ3) is 5.31. The summed E-state index contributed by atoms with van der Waals surface area (Å²) in [6.07, 6.45) is 0.996. The molecule has 0 aromatic heterocycles. The monoisotopic (exact) mass is 408 g/mol. The summed E-state index contributed by atoms with van der Waals surface area (Å²) in [7, 11) is -1.51. The molecule has 1 aliphatic heterocycles. The lowest BCUT2D eigenvalue weighted by molar-refractivity contribution is 0.0787. The van der Waals surface area contributed by atoms with E-state index in [1.54, 1.807) is 24.3 Å². The molecule has 2 aromatic carbocycles. The molecule has 0 saturated carbocycles. The maximum absolute atomic E-state index is 12.6. The molecule has 0 bridgehead atoms. The van der Waals surface area contributed by atoms with Crippen molar-refractivity contribution in [2.75, 3.05) is 26.7 Å². The summed E-state index contributed by atoms with van der Waals surface area (Å²) in [6.45, 7) is 2.40. The van der Waals surface area contributed by atoms with Crippen molar-refractivity contribution in [3.63, 3.8) is 0 Å². The van der Waals surface area contributed by atoms with Crippen molar-refractivity contribution in [2.45, 2.75) is 17.1 Å². The summed E-state index contributed by atoms with van der Waals surface area (Å²) in [6, 6.07) is 15.4. The average Bonchev–Trinajstić information content (AvgIpc) is 3.11. The number of nitrogens with one attached hydrogen (secondary N) is 1. The van der Waals surface area contributed by atoms with E-state index >= 15 is 0 Å². The van der Waals surface area contributed by atoms with E-state index in [9.17, 15) is 13.2 Å². The summed E-state index contributed by atoms with van der Waals surface area (Å²) in [4.78, 5) is 14.7. The molecule has 0 aliphatic carbocycles. The molecule has 146 valence electrons. The number of carbonyl (C=O) groups excluding carboxylic acids is 1. The molecular formula is C20H25ClN2O3S. The second kappa shape index (κ2) is 9.35. The molecule has 27 heavy (non-hydrogen) atoms. The van der Waals surface area contributed by atoms with Gasteiger partial charge >= 0.3 is 0 Å². The van der Waals surface area contributed by atoms with E-state index in [1.165, 1.54) is 12.1 Å². The van der Waals surface area contributed by atoms with Crippen molar-refractivity contribution < 1.29 is 13.2 Å². The summed E-state index contributed by atoms with van der Waals surface area (Å²) >= 11 is 0. The lowest BCUT2D eigenvalue weighted by atomic mass is 10.1. The Morgan fingerprint density at radius 3 is 2.41 bits per heavy atom. The van der Waals surface area contributed by atoms with Gasteiger partial charge in [0.25, 0.3) is 5.91 Å². The Labute approximate surface area is 167 Å². The highest BCUT2D eigenvalue weighted by Crippen LogP contribution is 2.21. The second-order valence-corrected chi connectivity index (χ2v) is 8.72. The zero-order valence-corrected chi connectivity index (χ0v) is 16.9. The number of amides is 1. The Morgan fingerprint density at radius 2 is 1.78 bits per heavy atom. The van der Waals surface area contributed by atoms with Crippen LogP contribution in [0.5, 0.6) is 0 Å². The van der Waals surface area contributed by atoms with Crippen LogP contribution in [0.15, 0.2) is 59.5 Å². The third-order valence-corrected chi connectivity index (χ3v) is 6.43. The zero-order valence-electron chi connectivity index (χ0n) is 15.3. The molecular weight excluding hydrogens is 384 g/mol. The van der Waals surface area contributed by atoms with Crippen molar-refractivity contribution in [1.29, 1.82) is 0 Å². The number of hydrogen-bond acceptors (Lipinski definition) is 4. The minimum atomic E-state index is -3.42. The first-order valence-corrected chi connectivity index (χ1v) is 10.5.